The van der Waals surface area contributed by atoms with Crippen LogP contribution in [0.1, 0.15) is 12.1 Å². The van der Waals surface area contributed by atoms with Gasteiger partial charge in [-0.3, -0.25) is 9.09 Å². The summed E-state index contributed by atoms with van der Waals surface area (Å²) in [7, 11) is -16.7. The van der Waals surface area contributed by atoms with Crippen LogP contribution < -0.4 is 5.73 Å². The van der Waals surface area contributed by atoms with Crippen LogP contribution in [0.25, 0.3) is 11.2 Å². The average molecular weight is 521 g/mol. The lowest BCUT2D eigenvalue weighted by Crippen LogP contribution is -2.33. The minimum Gasteiger partial charge on any atom is -0.387 e. The molecule has 0 spiro atoms. The molecule has 0 aromatic carbocycles. The molecule has 18 nitrogen and oxygen atoms in total. The second-order valence-corrected chi connectivity index (χ2v) is 10.8. The molecular formula is C11H18N5O13P3. The molecule has 2 aromatic rings. The van der Waals surface area contributed by atoms with E-state index >= 15 is 0 Å². The second kappa shape index (κ2) is 8.77. The highest BCUT2D eigenvalue weighted by molar-refractivity contribution is 7.66. The fourth-order valence-electron chi connectivity index (χ4n) is 2.89. The fraction of sp³-hybridized carbons (Fsp3) is 0.545. The minimum atomic E-state index is -5.71. The van der Waals surface area contributed by atoms with Crippen LogP contribution in [0.2, 0.25) is 0 Å². The number of aliphatic hydroxyl groups excluding tert-OH is 2. The number of aliphatic hydroxyl groups is 2. The molecule has 21 heteroatoms. The van der Waals surface area contributed by atoms with Crippen molar-refractivity contribution in [2.75, 3.05) is 12.3 Å². The van der Waals surface area contributed by atoms with Crippen LogP contribution in [0, 0.1) is 6.92 Å². The molecule has 0 aliphatic carbocycles. The molecule has 0 radical (unpaired) electrons. The quantitative estimate of drug-likeness (QED) is 0.198. The summed E-state index contributed by atoms with van der Waals surface area (Å²) >= 11 is 0. The summed E-state index contributed by atoms with van der Waals surface area (Å²) in [6.07, 6.45) is -4.89. The number of aryl methyl sites for hydroxylation is 1. The first-order chi connectivity index (χ1) is 14.6. The van der Waals surface area contributed by atoms with E-state index in [-0.39, 0.29) is 22.8 Å². The lowest BCUT2D eigenvalue weighted by Gasteiger charge is -2.19. The van der Waals surface area contributed by atoms with Crippen molar-refractivity contribution in [3.8, 4) is 0 Å². The van der Waals surface area contributed by atoms with Gasteiger partial charge in [0.15, 0.2) is 23.2 Å². The number of rotatable bonds is 8. The summed E-state index contributed by atoms with van der Waals surface area (Å²) in [6.45, 7) is 0.574. The number of anilines is 1. The number of fused-ring (bicyclic) bond motifs is 1. The topological polar surface area (TPSA) is 279 Å². The standard InChI is InChI=1S/C11H18N5O13P3/c1-4-15-6-9(12)13-3-14-10(6)16(4)11-8(18)7(17)5(27-11)2-26-31(22,23)29-32(24,25)28-30(19,20)21/h3,5,7-8,11,17-18H,2H2,1H3,(H,22,23)(H,24,25)(H2,12,13,14)(H2,19,20,21)/t5-,7+,8?,11-/m1/s1. The molecule has 1 aliphatic rings. The van der Waals surface area contributed by atoms with Gasteiger partial charge in [-0.1, -0.05) is 0 Å². The van der Waals surface area contributed by atoms with Crippen molar-refractivity contribution in [1.29, 1.82) is 0 Å². The predicted molar refractivity (Wildman–Crippen MR) is 100 cm³/mol. The zero-order chi connectivity index (χ0) is 24.1. The maximum absolute atomic E-state index is 11.8. The lowest BCUT2D eigenvalue weighted by atomic mass is 10.1. The number of ether oxygens (including phenoxy) is 1. The van der Waals surface area contributed by atoms with E-state index in [2.05, 4.69) is 28.1 Å². The molecule has 1 aliphatic heterocycles. The molecule has 180 valence electrons. The molecule has 3 rings (SSSR count). The number of phosphoric ester groups is 1. The number of hydrogen-bond donors (Lipinski definition) is 7. The van der Waals surface area contributed by atoms with Crippen molar-refractivity contribution in [2.45, 2.75) is 31.5 Å². The van der Waals surface area contributed by atoms with Crippen molar-refractivity contribution in [3.05, 3.63) is 12.2 Å². The smallest absolute Gasteiger partial charge is 0.387 e. The van der Waals surface area contributed by atoms with Gasteiger partial charge in [0, 0.05) is 0 Å². The number of nitrogens with zero attached hydrogens (tertiary/aromatic N) is 4. The fourth-order valence-corrected chi connectivity index (χ4v) is 5.92. The van der Waals surface area contributed by atoms with Gasteiger partial charge in [0.05, 0.1) is 6.61 Å². The zero-order valence-corrected chi connectivity index (χ0v) is 18.5. The number of imidazole rings is 1. The molecule has 1 fully saturated rings. The van der Waals surface area contributed by atoms with E-state index in [1.165, 1.54) is 11.5 Å². The largest absolute Gasteiger partial charge is 0.490 e. The highest BCUT2D eigenvalue weighted by Gasteiger charge is 2.47. The molecule has 32 heavy (non-hydrogen) atoms. The van der Waals surface area contributed by atoms with Crippen LogP contribution in [0.15, 0.2) is 6.33 Å². The van der Waals surface area contributed by atoms with E-state index in [0.29, 0.717) is 0 Å². The van der Waals surface area contributed by atoms with Gasteiger partial charge in [-0.15, -0.1) is 0 Å². The van der Waals surface area contributed by atoms with Gasteiger partial charge in [-0.05, 0) is 6.92 Å². The highest BCUT2D eigenvalue weighted by Crippen LogP contribution is 2.66. The summed E-state index contributed by atoms with van der Waals surface area (Å²) in [5.74, 6) is 0.325. The molecular weight excluding hydrogens is 503 g/mol. The van der Waals surface area contributed by atoms with Gasteiger partial charge in [-0.25, -0.2) is 28.6 Å². The maximum atomic E-state index is 11.8. The van der Waals surface area contributed by atoms with E-state index in [1.54, 1.807) is 0 Å². The molecule has 1 saturated heterocycles. The Morgan fingerprint density at radius 2 is 1.75 bits per heavy atom. The SMILES string of the molecule is Cc1nc2c(N)ncnc2n1[C@@H]1O[C@H](COP(=O)(O)OP(=O)(O)OP(=O)(O)O)[C@H](O)C1O. The van der Waals surface area contributed by atoms with Crippen molar-refractivity contribution in [3.63, 3.8) is 0 Å². The van der Waals surface area contributed by atoms with Crippen LogP contribution in [0.3, 0.4) is 0 Å². The number of nitrogen functional groups attached to an aromatic ring is 1. The Kier molecular flexibility index (Phi) is 6.93. The van der Waals surface area contributed by atoms with Gasteiger partial charge in [0.1, 0.15) is 30.5 Å². The Balaban J connectivity index is 1.73. The molecule has 6 atom stereocenters. The number of phosphoric acid groups is 3. The second-order valence-electron chi connectivity index (χ2n) is 6.39. The van der Waals surface area contributed by atoms with Crippen molar-refractivity contribution >= 4 is 40.4 Å². The van der Waals surface area contributed by atoms with Crippen LogP contribution in [0.5, 0.6) is 0 Å². The third-order valence-electron chi connectivity index (χ3n) is 4.09. The number of hydrogen-bond acceptors (Lipinski definition) is 13. The summed E-state index contributed by atoms with van der Waals surface area (Å²) < 4.78 is 52.2. The molecule has 2 aromatic heterocycles. The summed E-state index contributed by atoms with van der Waals surface area (Å²) in [5.41, 5.74) is 6.10. The summed E-state index contributed by atoms with van der Waals surface area (Å²) in [6, 6.07) is 0. The molecule has 3 heterocycles. The normalized spacial score (nSPS) is 28.0. The molecule has 3 unspecified atom stereocenters. The van der Waals surface area contributed by atoms with Crippen molar-refractivity contribution in [2.24, 2.45) is 0 Å². The monoisotopic (exact) mass is 521 g/mol. The van der Waals surface area contributed by atoms with Gasteiger partial charge in [0.25, 0.3) is 0 Å². The third-order valence-corrected chi connectivity index (χ3v) is 7.89. The highest BCUT2D eigenvalue weighted by atomic mass is 31.3. The van der Waals surface area contributed by atoms with Crippen LogP contribution in [0.4, 0.5) is 5.82 Å². The minimum absolute atomic E-state index is 0.0501. The average Bonchev–Trinajstić information content (AvgIpc) is 3.08. The number of nitrogens with two attached hydrogens (primary N) is 1. The van der Waals surface area contributed by atoms with Gasteiger partial charge in [0.2, 0.25) is 0 Å². The van der Waals surface area contributed by atoms with Crippen molar-refractivity contribution < 1.29 is 61.4 Å². The van der Waals surface area contributed by atoms with Gasteiger partial charge >= 0.3 is 23.5 Å². The van der Waals surface area contributed by atoms with E-state index in [1.807, 2.05) is 0 Å². The Bertz CT molecular complexity index is 1150. The predicted octanol–water partition coefficient (Wildman–Crippen LogP) is -1.32. The van der Waals surface area contributed by atoms with Crippen LogP contribution >= 0.6 is 23.5 Å². The lowest BCUT2D eigenvalue weighted by molar-refractivity contribution is -0.0511. The zero-order valence-electron chi connectivity index (χ0n) is 15.8. The van der Waals surface area contributed by atoms with E-state index in [4.69, 9.17) is 25.2 Å². The summed E-state index contributed by atoms with van der Waals surface area (Å²) in [4.78, 5) is 47.7. The Morgan fingerprint density at radius 3 is 2.38 bits per heavy atom. The van der Waals surface area contributed by atoms with Crippen LogP contribution in [-0.2, 0) is 31.6 Å². The molecule has 0 amide bonds. The van der Waals surface area contributed by atoms with E-state index in [9.17, 15) is 28.8 Å². The first kappa shape index (κ1) is 25.3. The summed E-state index contributed by atoms with van der Waals surface area (Å²) in [5, 5.41) is 20.6. The molecule has 0 saturated carbocycles. The van der Waals surface area contributed by atoms with E-state index in [0.717, 1.165) is 6.33 Å². The molecule has 8 N–H and O–H groups in total. The first-order valence-electron chi connectivity index (χ1n) is 8.35. The molecule has 0 bridgehead atoms. The maximum Gasteiger partial charge on any atom is 0.490 e. The van der Waals surface area contributed by atoms with Gasteiger partial charge in [-0.2, -0.15) is 8.62 Å². The first-order valence-corrected chi connectivity index (χ1v) is 12.9. The Morgan fingerprint density at radius 1 is 1.09 bits per heavy atom. The Hall–Kier alpha value is -1.36. The van der Waals surface area contributed by atoms with Crippen molar-refractivity contribution in [1.82, 2.24) is 19.5 Å². The number of aromatic nitrogens is 4. The van der Waals surface area contributed by atoms with E-state index < -0.39 is 54.6 Å². The third kappa shape index (κ3) is 5.58. The van der Waals surface area contributed by atoms with Gasteiger partial charge < -0.3 is 40.3 Å². The van der Waals surface area contributed by atoms with Crippen LogP contribution in [-0.4, -0.2) is 74.2 Å². The Labute approximate surface area is 178 Å².